The van der Waals surface area contributed by atoms with E-state index in [0.717, 1.165) is 28.2 Å². The molecule has 0 amide bonds. The zero-order valence-corrected chi connectivity index (χ0v) is 12.4. The number of nitrogens with two attached hydrogens (primary N) is 1. The molecule has 5 heteroatoms. The molecule has 0 saturated carbocycles. The predicted octanol–water partition coefficient (Wildman–Crippen LogP) is 4.19. The van der Waals surface area contributed by atoms with E-state index in [2.05, 4.69) is 15.9 Å². The topological polar surface area (TPSA) is 35.2 Å². The first-order valence-corrected chi connectivity index (χ1v) is 6.89. The lowest BCUT2D eigenvalue weighted by atomic mass is 10.0. The van der Waals surface area contributed by atoms with Crippen LogP contribution in [0.15, 0.2) is 46.9 Å². The fourth-order valence-corrected chi connectivity index (χ4v) is 2.41. The first-order valence-electron chi connectivity index (χ1n) is 6.10. The average molecular weight is 342 g/mol. The molecular formula is C15H14BrF2NO. The summed E-state index contributed by atoms with van der Waals surface area (Å²) >= 11 is 3.42. The molecule has 0 heterocycles. The van der Waals surface area contributed by atoms with Crippen molar-refractivity contribution >= 4 is 15.9 Å². The first kappa shape index (κ1) is 14.9. The normalized spacial score (nSPS) is 13.8. The molecule has 0 spiro atoms. The molecule has 20 heavy (non-hydrogen) atoms. The van der Waals surface area contributed by atoms with Crippen molar-refractivity contribution in [2.24, 2.45) is 5.73 Å². The van der Waals surface area contributed by atoms with Crippen LogP contribution < -0.4 is 10.5 Å². The molecule has 2 aromatic carbocycles. The lowest BCUT2D eigenvalue weighted by molar-refractivity contribution is 0.178. The van der Waals surface area contributed by atoms with E-state index in [4.69, 9.17) is 10.5 Å². The molecule has 0 radical (unpaired) electrons. The number of hydrogen-bond donors (Lipinski definition) is 1. The summed E-state index contributed by atoms with van der Waals surface area (Å²) in [7, 11) is 0. The fraction of sp³-hybridized carbons (Fsp3) is 0.200. The molecule has 0 aliphatic carbocycles. The molecule has 106 valence electrons. The van der Waals surface area contributed by atoms with E-state index < -0.39 is 17.7 Å². The van der Waals surface area contributed by atoms with Crippen molar-refractivity contribution in [3.63, 3.8) is 0 Å². The Kier molecular flexibility index (Phi) is 4.73. The Morgan fingerprint density at radius 3 is 2.25 bits per heavy atom. The van der Waals surface area contributed by atoms with Crippen LogP contribution in [0.4, 0.5) is 8.78 Å². The Labute approximate surface area is 124 Å². The standard InChI is InChI=1S/C15H14BrF2NO/c1-9(19)15(13-4-2-3-5-14(13)16)20-12-7-10(17)6-11(18)8-12/h2-9,15H,19H2,1H3. The molecule has 2 aromatic rings. The highest BCUT2D eigenvalue weighted by Crippen LogP contribution is 2.30. The third-order valence-corrected chi connectivity index (χ3v) is 3.51. The van der Waals surface area contributed by atoms with Gasteiger partial charge in [-0.25, -0.2) is 8.78 Å². The predicted molar refractivity (Wildman–Crippen MR) is 77.5 cm³/mol. The van der Waals surface area contributed by atoms with E-state index in [-0.39, 0.29) is 11.8 Å². The maximum atomic E-state index is 13.2. The van der Waals surface area contributed by atoms with Gasteiger partial charge in [-0.15, -0.1) is 0 Å². The molecule has 0 saturated heterocycles. The minimum Gasteiger partial charge on any atom is -0.484 e. The molecule has 0 aliphatic heterocycles. The zero-order chi connectivity index (χ0) is 14.7. The van der Waals surface area contributed by atoms with Gasteiger partial charge in [-0.2, -0.15) is 0 Å². The molecule has 2 atom stereocenters. The largest absolute Gasteiger partial charge is 0.484 e. The second-order valence-electron chi connectivity index (χ2n) is 4.52. The van der Waals surface area contributed by atoms with Crippen LogP contribution in [-0.4, -0.2) is 6.04 Å². The lowest BCUT2D eigenvalue weighted by Gasteiger charge is -2.24. The first-order chi connectivity index (χ1) is 9.47. The van der Waals surface area contributed by atoms with Crippen molar-refractivity contribution < 1.29 is 13.5 Å². The highest BCUT2D eigenvalue weighted by atomic mass is 79.9. The summed E-state index contributed by atoms with van der Waals surface area (Å²) in [6, 6.07) is 10.2. The highest BCUT2D eigenvalue weighted by molar-refractivity contribution is 9.10. The second-order valence-corrected chi connectivity index (χ2v) is 5.38. The van der Waals surface area contributed by atoms with E-state index in [0.29, 0.717) is 0 Å². The summed E-state index contributed by atoms with van der Waals surface area (Å²) in [4.78, 5) is 0. The van der Waals surface area contributed by atoms with Crippen molar-refractivity contribution in [3.8, 4) is 5.75 Å². The van der Waals surface area contributed by atoms with Crippen molar-refractivity contribution in [3.05, 3.63) is 64.1 Å². The van der Waals surface area contributed by atoms with Gasteiger partial charge in [0.1, 0.15) is 23.5 Å². The maximum Gasteiger partial charge on any atom is 0.140 e. The van der Waals surface area contributed by atoms with Gasteiger partial charge in [-0.1, -0.05) is 34.1 Å². The van der Waals surface area contributed by atoms with Crippen LogP contribution in [0.2, 0.25) is 0 Å². The summed E-state index contributed by atoms with van der Waals surface area (Å²) in [5, 5.41) is 0. The summed E-state index contributed by atoms with van der Waals surface area (Å²) < 4.78 is 32.9. The van der Waals surface area contributed by atoms with E-state index >= 15 is 0 Å². The summed E-state index contributed by atoms with van der Waals surface area (Å²) in [6.07, 6.45) is -0.508. The average Bonchev–Trinajstić information content (AvgIpc) is 2.35. The van der Waals surface area contributed by atoms with E-state index in [1.807, 2.05) is 24.3 Å². The van der Waals surface area contributed by atoms with E-state index in [9.17, 15) is 8.78 Å². The molecule has 0 aliphatic rings. The SMILES string of the molecule is CC(N)C(Oc1cc(F)cc(F)c1)c1ccccc1Br. The van der Waals surface area contributed by atoms with Crippen molar-refractivity contribution in [1.29, 1.82) is 0 Å². The van der Waals surface area contributed by atoms with Crippen LogP contribution in [0, 0.1) is 11.6 Å². The van der Waals surface area contributed by atoms with E-state index in [1.165, 1.54) is 0 Å². The van der Waals surface area contributed by atoms with Gasteiger partial charge in [0.2, 0.25) is 0 Å². The van der Waals surface area contributed by atoms with Crippen LogP contribution in [0.5, 0.6) is 5.75 Å². The number of hydrogen-bond acceptors (Lipinski definition) is 2. The van der Waals surface area contributed by atoms with Crippen molar-refractivity contribution in [2.75, 3.05) is 0 Å². The van der Waals surface area contributed by atoms with Gasteiger partial charge in [-0.3, -0.25) is 0 Å². The van der Waals surface area contributed by atoms with Gasteiger partial charge in [0.05, 0.1) is 0 Å². The Morgan fingerprint density at radius 1 is 1.10 bits per heavy atom. The Bertz CT molecular complexity index is 584. The van der Waals surface area contributed by atoms with Crippen LogP contribution in [-0.2, 0) is 0 Å². The lowest BCUT2D eigenvalue weighted by Crippen LogP contribution is -2.29. The van der Waals surface area contributed by atoms with Crippen molar-refractivity contribution in [2.45, 2.75) is 19.1 Å². The van der Waals surface area contributed by atoms with Crippen LogP contribution >= 0.6 is 15.9 Å². The molecule has 0 fully saturated rings. The molecule has 2 nitrogen and oxygen atoms in total. The van der Waals surface area contributed by atoms with Crippen LogP contribution in [0.1, 0.15) is 18.6 Å². The fourth-order valence-electron chi connectivity index (χ4n) is 1.90. The maximum absolute atomic E-state index is 13.2. The van der Waals surface area contributed by atoms with Crippen LogP contribution in [0.3, 0.4) is 0 Å². The van der Waals surface area contributed by atoms with Crippen molar-refractivity contribution in [1.82, 2.24) is 0 Å². The number of rotatable bonds is 4. The summed E-state index contributed by atoms with van der Waals surface area (Å²) in [5.74, 6) is -1.26. The monoisotopic (exact) mass is 341 g/mol. The van der Waals surface area contributed by atoms with Gasteiger partial charge in [0.15, 0.2) is 0 Å². The van der Waals surface area contributed by atoms with Gasteiger partial charge in [0, 0.05) is 34.3 Å². The Balaban J connectivity index is 2.33. The minimum atomic E-state index is -0.685. The molecule has 2 rings (SSSR count). The molecule has 0 bridgehead atoms. The highest BCUT2D eigenvalue weighted by Gasteiger charge is 2.21. The molecule has 2 N–H and O–H groups in total. The number of benzene rings is 2. The Hall–Kier alpha value is -1.46. The van der Waals surface area contributed by atoms with Gasteiger partial charge < -0.3 is 10.5 Å². The number of halogens is 3. The van der Waals surface area contributed by atoms with Gasteiger partial charge in [0.25, 0.3) is 0 Å². The van der Waals surface area contributed by atoms with Gasteiger partial charge in [-0.05, 0) is 13.0 Å². The molecule has 2 unspecified atom stereocenters. The zero-order valence-electron chi connectivity index (χ0n) is 10.8. The molecular weight excluding hydrogens is 328 g/mol. The number of ether oxygens (including phenoxy) is 1. The van der Waals surface area contributed by atoms with Gasteiger partial charge >= 0.3 is 0 Å². The third kappa shape index (κ3) is 3.55. The summed E-state index contributed by atoms with van der Waals surface area (Å²) in [5.41, 5.74) is 6.75. The third-order valence-electron chi connectivity index (χ3n) is 2.79. The van der Waals surface area contributed by atoms with Crippen LogP contribution in [0.25, 0.3) is 0 Å². The minimum absolute atomic E-state index is 0.112. The summed E-state index contributed by atoms with van der Waals surface area (Å²) in [6.45, 7) is 1.78. The quantitative estimate of drug-likeness (QED) is 0.904. The van der Waals surface area contributed by atoms with E-state index in [1.54, 1.807) is 6.92 Å². The Morgan fingerprint density at radius 2 is 1.70 bits per heavy atom. The molecule has 0 aromatic heterocycles. The smallest absolute Gasteiger partial charge is 0.140 e. The second kappa shape index (κ2) is 6.33.